The van der Waals surface area contributed by atoms with Gasteiger partial charge < -0.3 is 15.5 Å². The van der Waals surface area contributed by atoms with E-state index in [2.05, 4.69) is 68.0 Å². The van der Waals surface area contributed by atoms with Crippen molar-refractivity contribution in [3.05, 3.63) is 77.5 Å². The summed E-state index contributed by atoms with van der Waals surface area (Å²) in [7, 11) is 0. The smallest absolute Gasteiger partial charge is 0.227 e. The Hall–Kier alpha value is -3.25. The molecule has 3 heterocycles. The van der Waals surface area contributed by atoms with E-state index in [1.807, 2.05) is 24.5 Å². The second-order valence-corrected chi connectivity index (χ2v) is 7.11. The first-order valence-electron chi connectivity index (χ1n) is 9.61. The van der Waals surface area contributed by atoms with Crippen molar-refractivity contribution in [3.8, 4) is 0 Å². The Bertz CT molecular complexity index is 1000. The van der Waals surface area contributed by atoms with Gasteiger partial charge in [-0.3, -0.25) is 4.99 Å². The van der Waals surface area contributed by atoms with Gasteiger partial charge in [-0.15, -0.1) is 0 Å². The minimum atomic E-state index is 0.283. The zero-order valence-corrected chi connectivity index (χ0v) is 15.5. The van der Waals surface area contributed by atoms with Gasteiger partial charge >= 0.3 is 0 Å². The minimum absolute atomic E-state index is 0.283. The molecule has 140 valence electrons. The molecule has 0 bridgehead atoms. The Labute approximate surface area is 164 Å². The molecule has 2 aliphatic heterocycles. The van der Waals surface area contributed by atoms with Crippen LogP contribution >= 0.6 is 0 Å². The molecule has 0 radical (unpaired) electrons. The van der Waals surface area contributed by atoms with Crippen LogP contribution in [-0.2, 0) is 6.54 Å². The molecule has 1 aromatic heterocycles. The molecular formula is C22H22N6. The van der Waals surface area contributed by atoms with Crippen molar-refractivity contribution in [2.45, 2.75) is 12.6 Å². The van der Waals surface area contributed by atoms with Crippen molar-refractivity contribution in [2.75, 3.05) is 29.9 Å². The van der Waals surface area contributed by atoms with E-state index in [0.29, 0.717) is 0 Å². The Balaban J connectivity index is 1.33. The molecule has 0 saturated carbocycles. The lowest BCUT2D eigenvalue weighted by Gasteiger charge is -2.34. The van der Waals surface area contributed by atoms with Crippen LogP contribution < -0.4 is 15.5 Å². The van der Waals surface area contributed by atoms with Gasteiger partial charge in [0.2, 0.25) is 5.95 Å². The van der Waals surface area contributed by atoms with Gasteiger partial charge in [0, 0.05) is 43.8 Å². The van der Waals surface area contributed by atoms with E-state index < -0.39 is 0 Å². The van der Waals surface area contributed by atoms with Crippen LogP contribution in [0.15, 0.2) is 65.8 Å². The zero-order valence-electron chi connectivity index (χ0n) is 15.5. The number of benzene rings is 2. The number of nitrogens with one attached hydrogen (secondary N) is 2. The fourth-order valence-electron chi connectivity index (χ4n) is 3.74. The van der Waals surface area contributed by atoms with Crippen molar-refractivity contribution >= 4 is 23.7 Å². The molecule has 2 aromatic carbocycles. The summed E-state index contributed by atoms with van der Waals surface area (Å²) in [6, 6.07) is 19.0. The second kappa shape index (κ2) is 7.40. The summed E-state index contributed by atoms with van der Waals surface area (Å²) in [4.78, 5) is 15.8. The highest BCUT2D eigenvalue weighted by Crippen LogP contribution is 2.24. The summed E-state index contributed by atoms with van der Waals surface area (Å²) in [6.07, 6.45) is 3.75. The SMILES string of the molecule is C1=NCc2ccc(Nc3ccnc(N4CCNC(c5ccccc5)C4)n3)cc21. The summed E-state index contributed by atoms with van der Waals surface area (Å²) in [5, 5.41) is 6.99. The molecule has 1 atom stereocenters. The van der Waals surface area contributed by atoms with Crippen molar-refractivity contribution in [1.29, 1.82) is 0 Å². The first kappa shape index (κ1) is 16.9. The quantitative estimate of drug-likeness (QED) is 0.738. The topological polar surface area (TPSA) is 65.4 Å². The molecule has 2 N–H and O–H groups in total. The molecule has 0 amide bonds. The summed E-state index contributed by atoms with van der Waals surface area (Å²) in [5.41, 5.74) is 4.74. The minimum Gasteiger partial charge on any atom is -0.340 e. The fraction of sp³-hybridized carbons (Fsp3) is 0.227. The standard InChI is InChI=1S/C22H22N6/c1-2-4-16(5-3-1)20-15-28(11-10-24-20)22-25-9-8-21(27-22)26-19-7-6-17-13-23-14-18(17)12-19/h1-9,12,14,20,24H,10-11,13,15H2,(H,25,26,27). The van der Waals surface area contributed by atoms with Crippen LogP contribution in [-0.4, -0.2) is 35.8 Å². The molecule has 0 aliphatic carbocycles. The number of rotatable bonds is 4. The Morgan fingerprint density at radius 3 is 2.93 bits per heavy atom. The molecule has 3 aromatic rings. The Morgan fingerprint density at radius 1 is 1.07 bits per heavy atom. The van der Waals surface area contributed by atoms with Gasteiger partial charge in [-0.05, 0) is 34.9 Å². The molecule has 2 aliphatic rings. The number of hydrogen-bond donors (Lipinski definition) is 2. The summed E-state index contributed by atoms with van der Waals surface area (Å²) < 4.78 is 0. The van der Waals surface area contributed by atoms with Crippen LogP contribution in [0, 0.1) is 0 Å². The molecule has 0 spiro atoms. The van der Waals surface area contributed by atoms with E-state index in [9.17, 15) is 0 Å². The monoisotopic (exact) mass is 370 g/mol. The first-order chi connectivity index (χ1) is 13.8. The summed E-state index contributed by atoms with van der Waals surface area (Å²) >= 11 is 0. The van der Waals surface area contributed by atoms with Gasteiger partial charge in [-0.2, -0.15) is 4.98 Å². The second-order valence-electron chi connectivity index (χ2n) is 7.11. The predicted octanol–water partition coefficient (Wildman–Crippen LogP) is 3.30. The lowest BCUT2D eigenvalue weighted by atomic mass is 10.1. The number of fused-ring (bicyclic) bond motifs is 1. The van der Waals surface area contributed by atoms with E-state index in [4.69, 9.17) is 4.98 Å². The van der Waals surface area contributed by atoms with Crippen LogP contribution in [0.2, 0.25) is 0 Å². The van der Waals surface area contributed by atoms with Gasteiger partial charge in [0.1, 0.15) is 5.82 Å². The number of anilines is 3. The molecule has 5 rings (SSSR count). The number of hydrogen-bond acceptors (Lipinski definition) is 6. The number of aliphatic imine (C=N–C) groups is 1. The predicted molar refractivity (Wildman–Crippen MR) is 112 cm³/mol. The van der Waals surface area contributed by atoms with Crippen LogP contribution in [0.5, 0.6) is 0 Å². The lowest BCUT2D eigenvalue weighted by molar-refractivity contribution is 0.467. The maximum Gasteiger partial charge on any atom is 0.227 e. The van der Waals surface area contributed by atoms with E-state index in [1.165, 1.54) is 16.7 Å². The van der Waals surface area contributed by atoms with Crippen molar-refractivity contribution in [1.82, 2.24) is 15.3 Å². The highest BCUT2D eigenvalue weighted by atomic mass is 15.3. The van der Waals surface area contributed by atoms with E-state index in [1.54, 1.807) is 0 Å². The first-order valence-corrected chi connectivity index (χ1v) is 9.61. The van der Waals surface area contributed by atoms with Crippen LogP contribution in [0.1, 0.15) is 22.7 Å². The third-order valence-corrected chi connectivity index (χ3v) is 5.21. The molecular weight excluding hydrogens is 348 g/mol. The molecule has 1 saturated heterocycles. The van der Waals surface area contributed by atoms with Gasteiger partial charge in [0.25, 0.3) is 0 Å². The third-order valence-electron chi connectivity index (χ3n) is 5.21. The third kappa shape index (κ3) is 3.46. The Morgan fingerprint density at radius 2 is 2.00 bits per heavy atom. The van der Waals surface area contributed by atoms with Gasteiger partial charge in [0.05, 0.1) is 6.54 Å². The van der Waals surface area contributed by atoms with Crippen LogP contribution in [0.4, 0.5) is 17.5 Å². The Kier molecular flexibility index (Phi) is 4.47. The zero-order chi connectivity index (χ0) is 18.8. The summed E-state index contributed by atoms with van der Waals surface area (Å²) in [6.45, 7) is 3.43. The average Bonchev–Trinajstić information content (AvgIpc) is 3.23. The van der Waals surface area contributed by atoms with Crippen LogP contribution in [0.25, 0.3) is 0 Å². The van der Waals surface area contributed by atoms with Gasteiger partial charge in [-0.25, -0.2) is 4.98 Å². The van der Waals surface area contributed by atoms with Crippen molar-refractivity contribution in [2.24, 2.45) is 4.99 Å². The van der Waals surface area contributed by atoms with E-state index >= 15 is 0 Å². The number of aromatic nitrogens is 2. The van der Waals surface area contributed by atoms with E-state index in [0.717, 1.165) is 43.6 Å². The molecule has 28 heavy (non-hydrogen) atoms. The average molecular weight is 370 g/mol. The molecule has 1 unspecified atom stereocenters. The van der Waals surface area contributed by atoms with Crippen molar-refractivity contribution in [3.63, 3.8) is 0 Å². The largest absolute Gasteiger partial charge is 0.340 e. The number of piperazine rings is 1. The molecule has 1 fully saturated rings. The highest BCUT2D eigenvalue weighted by Gasteiger charge is 2.22. The van der Waals surface area contributed by atoms with E-state index in [-0.39, 0.29) is 6.04 Å². The molecule has 6 heteroatoms. The van der Waals surface area contributed by atoms with Crippen molar-refractivity contribution < 1.29 is 0 Å². The number of nitrogens with zero attached hydrogens (tertiary/aromatic N) is 4. The maximum absolute atomic E-state index is 4.76. The maximum atomic E-state index is 4.76. The van der Waals surface area contributed by atoms with Gasteiger partial charge in [-0.1, -0.05) is 36.4 Å². The normalized spacial score (nSPS) is 18.1. The highest BCUT2D eigenvalue weighted by molar-refractivity contribution is 5.86. The lowest BCUT2D eigenvalue weighted by Crippen LogP contribution is -2.46. The van der Waals surface area contributed by atoms with Crippen LogP contribution in [0.3, 0.4) is 0 Å². The summed E-state index contributed by atoms with van der Waals surface area (Å²) in [5.74, 6) is 1.56. The fourth-order valence-corrected chi connectivity index (χ4v) is 3.74. The molecule has 6 nitrogen and oxygen atoms in total. The van der Waals surface area contributed by atoms with Gasteiger partial charge in [0.15, 0.2) is 0 Å².